The van der Waals surface area contributed by atoms with Gasteiger partial charge in [-0.3, -0.25) is 0 Å². The Morgan fingerprint density at radius 2 is 2.09 bits per heavy atom. The first-order chi connectivity index (χ1) is 11.1. The molecule has 6 nitrogen and oxygen atoms in total. The van der Waals surface area contributed by atoms with Gasteiger partial charge >= 0.3 is 5.97 Å². The van der Waals surface area contributed by atoms with E-state index in [9.17, 15) is 9.90 Å². The van der Waals surface area contributed by atoms with Crippen LogP contribution in [0.25, 0.3) is 5.76 Å². The number of carbonyl (C=O) groups excluding carboxylic acids is 1. The quantitative estimate of drug-likeness (QED) is 0.298. The molecule has 0 radical (unpaired) electrons. The zero-order valence-electron chi connectivity index (χ0n) is 12.3. The number of carbonyl (C=O) groups is 1. The van der Waals surface area contributed by atoms with Gasteiger partial charge in [0.2, 0.25) is 0 Å². The number of pyridine rings is 2. The van der Waals surface area contributed by atoms with E-state index in [1.165, 1.54) is 12.4 Å². The highest BCUT2D eigenvalue weighted by Gasteiger charge is 2.18. The van der Waals surface area contributed by atoms with Crippen LogP contribution in [-0.2, 0) is 9.53 Å². The van der Waals surface area contributed by atoms with Gasteiger partial charge in [0.15, 0.2) is 5.82 Å². The Morgan fingerprint density at radius 3 is 2.74 bits per heavy atom. The van der Waals surface area contributed by atoms with Gasteiger partial charge in [0.1, 0.15) is 16.5 Å². The molecule has 0 aromatic carbocycles. The lowest BCUT2D eigenvalue weighted by atomic mass is 10.1. The highest BCUT2D eigenvalue weighted by molar-refractivity contribution is 6.31. The zero-order chi connectivity index (χ0) is 16.7. The summed E-state index contributed by atoms with van der Waals surface area (Å²) in [6.07, 6.45) is 4.24. The lowest BCUT2D eigenvalue weighted by Gasteiger charge is -2.07. The number of rotatable bonds is 5. The topological polar surface area (TPSA) is 84.7 Å². The summed E-state index contributed by atoms with van der Waals surface area (Å²) in [5.74, 6) is -0.690. The Morgan fingerprint density at radius 1 is 1.30 bits per heavy atom. The van der Waals surface area contributed by atoms with Gasteiger partial charge in [-0.05, 0) is 31.2 Å². The summed E-state index contributed by atoms with van der Waals surface area (Å²) in [6.45, 7) is 1.83. The maximum Gasteiger partial charge on any atom is 0.343 e. The van der Waals surface area contributed by atoms with Crippen molar-refractivity contribution < 1.29 is 14.6 Å². The molecule has 118 valence electrons. The third-order valence-corrected chi connectivity index (χ3v) is 3.04. The Labute approximate surface area is 138 Å². The van der Waals surface area contributed by atoms with Crippen LogP contribution in [0.1, 0.15) is 12.5 Å². The van der Waals surface area contributed by atoms with Crippen LogP contribution >= 0.6 is 11.6 Å². The second kappa shape index (κ2) is 8.05. The minimum atomic E-state index is -0.718. The summed E-state index contributed by atoms with van der Waals surface area (Å²) < 4.78 is 4.94. The molecule has 0 spiro atoms. The van der Waals surface area contributed by atoms with Crippen LogP contribution in [0, 0.1) is 0 Å². The van der Waals surface area contributed by atoms with Crippen molar-refractivity contribution in [3.63, 3.8) is 0 Å². The van der Waals surface area contributed by atoms with E-state index in [-0.39, 0.29) is 28.7 Å². The van der Waals surface area contributed by atoms with E-state index >= 15 is 0 Å². The molecule has 23 heavy (non-hydrogen) atoms. The second-order valence-corrected chi connectivity index (χ2v) is 4.63. The molecule has 0 saturated heterocycles. The van der Waals surface area contributed by atoms with E-state index in [4.69, 9.17) is 16.3 Å². The molecular weight excluding hydrogens is 318 g/mol. The van der Waals surface area contributed by atoms with E-state index in [1.807, 2.05) is 0 Å². The van der Waals surface area contributed by atoms with E-state index in [2.05, 4.69) is 15.0 Å². The average Bonchev–Trinajstić information content (AvgIpc) is 2.56. The minimum Gasteiger partial charge on any atom is -0.506 e. The molecule has 2 aromatic rings. The number of halogens is 1. The molecule has 2 rings (SSSR count). The van der Waals surface area contributed by atoms with E-state index < -0.39 is 5.97 Å². The summed E-state index contributed by atoms with van der Waals surface area (Å²) in [6, 6.07) is 8.29. The molecule has 0 bridgehead atoms. The molecule has 0 unspecified atom stereocenters. The monoisotopic (exact) mass is 331 g/mol. The fourth-order valence-corrected chi connectivity index (χ4v) is 1.90. The van der Waals surface area contributed by atoms with Crippen molar-refractivity contribution in [2.24, 2.45) is 4.99 Å². The lowest BCUT2D eigenvalue weighted by Crippen LogP contribution is -2.11. The molecule has 1 N–H and O–H groups in total. The molecule has 0 fully saturated rings. The zero-order valence-corrected chi connectivity index (χ0v) is 13.1. The third kappa shape index (κ3) is 4.37. The summed E-state index contributed by atoms with van der Waals surface area (Å²) >= 11 is 5.95. The highest BCUT2D eigenvalue weighted by atomic mass is 35.5. The molecule has 7 heteroatoms. The van der Waals surface area contributed by atoms with Crippen molar-refractivity contribution in [2.45, 2.75) is 6.92 Å². The number of aliphatic hydroxyl groups is 1. The fraction of sp³-hybridized carbons (Fsp3) is 0.125. The summed E-state index contributed by atoms with van der Waals surface area (Å²) in [4.78, 5) is 24.0. The Hall–Kier alpha value is -2.73. The first-order valence-corrected chi connectivity index (χ1v) is 7.17. The number of aliphatic imine (C=N–C) groups is 1. The van der Waals surface area contributed by atoms with E-state index in [1.54, 1.807) is 43.5 Å². The number of hydrogen-bond acceptors (Lipinski definition) is 6. The summed E-state index contributed by atoms with van der Waals surface area (Å²) in [5.41, 5.74) is 0.0806. The van der Waals surface area contributed by atoms with Crippen LogP contribution in [0.2, 0.25) is 5.15 Å². The van der Waals surface area contributed by atoms with Gasteiger partial charge in [-0.25, -0.2) is 19.8 Å². The molecule has 2 aromatic heterocycles. The molecule has 0 aliphatic carbocycles. The van der Waals surface area contributed by atoms with Gasteiger partial charge in [-0.15, -0.1) is 0 Å². The first-order valence-electron chi connectivity index (χ1n) is 6.79. The first kappa shape index (κ1) is 16.6. The molecule has 2 heterocycles. The van der Waals surface area contributed by atoms with Crippen molar-refractivity contribution in [1.82, 2.24) is 9.97 Å². The predicted molar refractivity (Wildman–Crippen MR) is 87.8 cm³/mol. The normalized spacial score (nSPS) is 12.1. The van der Waals surface area contributed by atoms with Crippen molar-refractivity contribution in [3.8, 4) is 0 Å². The third-order valence-electron chi connectivity index (χ3n) is 2.74. The van der Waals surface area contributed by atoms with Gasteiger partial charge in [0, 0.05) is 18.6 Å². The average molecular weight is 332 g/mol. The second-order valence-electron chi connectivity index (χ2n) is 4.27. The number of esters is 1. The van der Waals surface area contributed by atoms with Gasteiger partial charge in [-0.1, -0.05) is 17.7 Å². The van der Waals surface area contributed by atoms with Crippen LogP contribution in [-0.4, -0.2) is 33.9 Å². The lowest BCUT2D eigenvalue weighted by molar-refractivity contribution is -0.137. The van der Waals surface area contributed by atoms with Crippen molar-refractivity contribution in [1.29, 1.82) is 0 Å². The van der Waals surface area contributed by atoms with Gasteiger partial charge < -0.3 is 9.84 Å². The highest BCUT2D eigenvalue weighted by Crippen LogP contribution is 2.22. The molecule has 0 aliphatic rings. The Kier molecular flexibility index (Phi) is 5.82. The maximum atomic E-state index is 12.1. The van der Waals surface area contributed by atoms with Gasteiger partial charge in [-0.2, -0.15) is 0 Å². The maximum absolute atomic E-state index is 12.1. The number of aliphatic hydroxyl groups excluding tert-OH is 1. The standard InChI is InChI=1S/C16H14ClN3O3/c1-2-23-16(22)12(10-20-13-7-3-4-8-18-13)14(21)11-6-5-9-19-15(11)17/h3-10,21H,2H2,1H3. The fourth-order valence-electron chi connectivity index (χ4n) is 1.69. The van der Waals surface area contributed by atoms with E-state index in [0.29, 0.717) is 5.82 Å². The minimum absolute atomic E-state index is 0.0676. The molecule has 0 aliphatic heterocycles. The van der Waals surface area contributed by atoms with Gasteiger partial charge in [0.05, 0.1) is 12.2 Å². The predicted octanol–water partition coefficient (Wildman–Crippen LogP) is 3.36. The summed E-state index contributed by atoms with van der Waals surface area (Å²) in [7, 11) is 0. The van der Waals surface area contributed by atoms with Crippen LogP contribution in [0.3, 0.4) is 0 Å². The van der Waals surface area contributed by atoms with E-state index in [0.717, 1.165) is 0 Å². The van der Waals surface area contributed by atoms with Crippen LogP contribution < -0.4 is 0 Å². The largest absolute Gasteiger partial charge is 0.506 e. The van der Waals surface area contributed by atoms with Gasteiger partial charge in [0.25, 0.3) is 0 Å². The number of hydrogen-bond donors (Lipinski definition) is 1. The molecule has 0 atom stereocenters. The van der Waals surface area contributed by atoms with Crippen LogP contribution in [0.5, 0.6) is 0 Å². The van der Waals surface area contributed by atoms with Crippen molar-refractivity contribution >= 4 is 35.4 Å². The smallest absolute Gasteiger partial charge is 0.343 e. The van der Waals surface area contributed by atoms with Crippen molar-refractivity contribution in [3.05, 3.63) is 59.0 Å². The number of ether oxygens (including phenoxy) is 1. The van der Waals surface area contributed by atoms with Crippen LogP contribution in [0.4, 0.5) is 5.82 Å². The number of nitrogens with zero attached hydrogens (tertiary/aromatic N) is 3. The molecule has 0 amide bonds. The summed E-state index contributed by atoms with van der Waals surface area (Å²) in [5, 5.41) is 10.4. The SMILES string of the molecule is CCOC(=O)C(C=Nc1ccccn1)=C(O)c1cccnc1Cl. The van der Waals surface area contributed by atoms with Crippen LogP contribution in [0.15, 0.2) is 53.3 Å². The Bertz CT molecular complexity index is 745. The molecular formula is C16H14ClN3O3. The Balaban J connectivity index is 2.45. The number of aromatic nitrogens is 2. The molecule has 0 saturated carbocycles. The van der Waals surface area contributed by atoms with Crippen molar-refractivity contribution in [2.75, 3.05) is 6.61 Å².